The first-order valence-corrected chi connectivity index (χ1v) is 6.31. The molecule has 0 saturated heterocycles. The Morgan fingerprint density at radius 2 is 1.56 bits per heavy atom. The third kappa shape index (κ3) is 3.48. The van der Waals surface area contributed by atoms with Crippen molar-refractivity contribution in [1.82, 2.24) is 0 Å². The second kappa shape index (κ2) is 7.21. The van der Waals surface area contributed by atoms with Gasteiger partial charge < -0.3 is 0 Å². The topological polar surface area (TPSA) is 17.1 Å². The number of hydrogen-bond donors (Lipinski definition) is 0. The van der Waals surface area contributed by atoms with E-state index in [2.05, 4.69) is 13.0 Å². The molecule has 0 N–H and O–H groups in total. The van der Waals surface area contributed by atoms with Crippen molar-refractivity contribution in [2.75, 3.05) is 0 Å². The summed E-state index contributed by atoms with van der Waals surface area (Å²) < 4.78 is 0. The molecule has 0 aromatic heterocycles. The third-order valence-corrected chi connectivity index (χ3v) is 2.74. The minimum Gasteiger partial charge on any atom is -0.298 e. The lowest BCUT2D eigenvalue weighted by atomic mass is 9.94. The maximum atomic E-state index is 10.7. The number of benzene rings is 1. The molecule has 1 aliphatic carbocycles. The zero-order valence-electron chi connectivity index (χ0n) is 11.2. The van der Waals surface area contributed by atoms with Crippen LogP contribution in [0.25, 0.3) is 0 Å². The van der Waals surface area contributed by atoms with E-state index in [-0.39, 0.29) is 0 Å². The molecule has 0 bridgehead atoms. The molecule has 0 aliphatic heterocycles. The predicted molar refractivity (Wildman–Crippen MR) is 71.1 cm³/mol. The SMILES string of the molecule is CC.CC.CC1(c2ccccc2C=O)CC1. The molecule has 1 fully saturated rings. The van der Waals surface area contributed by atoms with Gasteiger partial charge in [0.05, 0.1) is 0 Å². The van der Waals surface area contributed by atoms with Crippen LogP contribution in [0.2, 0.25) is 0 Å². The molecule has 1 nitrogen and oxygen atoms in total. The highest BCUT2D eigenvalue weighted by molar-refractivity contribution is 5.78. The quantitative estimate of drug-likeness (QED) is 0.665. The summed E-state index contributed by atoms with van der Waals surface area (Å²) in [4.78, 5) is 10.7. The molecule has 1 saturated carbocycles. The molecule has 1 aromatic rings. The van der Waals surface area contributed by atoms with Crippen molar-refractivity contribution in [2.24, 2.45) is 0 Å². The highest BCUT2D eigenvalue weighted by Crippen LogP contribution is 2.48. The second-order valence-electron chi connectivity index (χ2n) is 3.77. The molecule has 1 heteroatoms. The molecular weight excluding hydrogens is 196 g/mol. The summed E-state index contributed by atoms with van der Waals surface area (Å²) in [5.41, 5.74) is 2.38. The zero-order chi connectivity index (χ0) is 12.6. The van der Waals surface area contributed by atoms with Gasteiger partial charge in [-0.1, -0.05) is 58.9 Å². The van der Waals surface area contributed by atoms with Crippen molar-refractivity contribution < 1.29 is 4.79 Å². The fourth-order valence-corrected chi connectivity index (χ4v) is 1.61. The summed E-state index contributed by atoms with van der Waals surface area (Å²) >= 11 is 0. The molecule has 0 unspecified atom stereocenters. The molecule has 0 amide bonds. The summed E-state index contributed by atoms with van der Waals surface area (Å²) in [7, 11) is 0. The summed E-state index contributed by atoms with van der Waals surface area (Å²) in [5.74, 6) is 0. The Balaban J connectivity index is 0.000000509. The summed E-state index contributed by atoms with van der Waals surface area (Å²) in [6, 6.07) is 7.88. The molecule has 90 valence electrons. The second-order valence-corrected chi connectivity index (χ2v) is 3.77. The first kappa shape index (κ1) is 14.9. The van der Waals surface area contributed by atoms with E-state index < -0.39 is 0 Å². The predicted octanol–water partition coefficient (Wildman–Crippen LogP) is 4.60. The number of hydrogen-bond acceptors (Lipinski definition) is 1. The lowest BCUT2D eigenvalue weighted by Crippen LogP contribution is -2.03. The van der Waals surface area contributed by atoms with Crippen molar-refractivity contribution in [3.05, 3.63) is 35.4 Å². The molecule has 0 atom stereocenters. The Morgan fingerprint density at radius 1 is 1.06 bits per heavy atom. The van der Waals surface area contributed by atoms with Crippen LogP contribution in [0.15, 0.2) is 24.3 Å². The smallest absolute Gasteiger partial charge is 0.150 e. The van der Waals surface area contributed by atoms with Crippen molar-refractivity contribution in [3.63, 3.8) is 0 Å². The van der Waals surface area contributed by atoms with Crippen molar-refractivity contribution >= 4 is 6.29 Å². The van der Waals surface area contributed by atoms with Gasteiger partial charge in [-0.3, -0.25) is 4.79 Å². The normalized spacial score (nSPS) is 14.8. The van der Waals surface area contributed by atoms with Gasteiger partial charge in [0.2, 0.25) is 0 Å². The van der Waals surface area contributed by atoms with Crippen LogP contribution in [-0.4, -0.2) is 6.29 Å². The third-order valence-electron chi connectivity index (χ3n) is 2.74. The van der Waals surface area contributed by atoms with Gasteiger partial charge in [-0.05, 0) is 23.8 Å². The van der Waals surface area contributed by atoms with Gasteiger partial charge in [0, 0.05) is 5.56 Å². The van der Waals surface area contributed by atoms with Crippen molar-refractivity contribution in [1.29, 1.82) is 0 Å². The molecule has 0 radical (unpaired) electrons. The van der Waals surface area contributed by atoms with E-state index in [0.717, 1.165) is 11.8 Å². The van der Waals surface area contributed by atoms with Gasteiger partial charge in [0.1, 0.15) is 6.29 Å². The van der Waals surface area contributed by atoms with E-state index in [1.165, 1.54) is 18.4 Å². The van der Waals surface area contributed by atoms with Crippen LogP contribution in [0.4, 0.5) is 0 Å². The van der Waals surface area contributed by atoms with Crippen LogP contribution in [0.3, 0.4) is 0 Å². The molecule has 0 spiro atoms. The maximum Gasteiger partial charge on any atom is 0.150 e. The van der Waals surface area contributed by atoms with Crippen molar-refractivity contribution in [3.8, 4) is 0 Å². The highest BCUT2D eigenvalue weighted by atomic mass is 16.1. The molecule has 16 heavy (non-hydrogen) atoms. The standard InChI is InChI=1S/C11H12O.2C2H6/c1-11(6-7-11)10-5-3-2-4-9(10)8-12;2*1-2/h2-5,8H,6-7H2,1H3;2*1-2H3. The van der Waals surface area contributed by atoms with Crippen LogP contribution >= 0.6 is 0 Å². The molecule has 0 heterocycles. The van der Waals surface area contributed by atoms with Crippen LogP contribution in [0.5, 0.6) is 0 Å². The molecule has 2 rings (SSSR count). The fraction of sp³-hybridized carbons (Fsp3) is 0.533. The average Bonchev–Trinajstić information content (AvgIpc) is 3.13. The van der Waals surface area contributed by atoms with Crippen LogP contribution in [0, 0.1) is 0 Å². The minimum absolute atomic E-state index is 0.303. The number of aldehydes is 1. The Bertz CT molecular complexity index is 311. The molecule has 1 aromatic carbocycles. The van der Waals surface area contributed by atoms with Crippen LogP contribution < -0.4 is 0 Å². The Hall–Kier alpha value is -1.11. The van der Waals surface area contributed by atoms with Gasteiger partial charge >= 0.3 is 0 Å². The van der Waals surface area contributed by atoms with E-state index in [0.29, 0.717) is 5.41 Å². The monoisotopic (exact) mass is 220 g/mol. The van der Waals surface area contributed by atoms with Crippen molar-refractivity contribution in [2.45, 2.75) is 52.9 Å². The summed E-state index contributed by atoms with van der Waals surface area (Å²) in [6.45, 7) is 10.2. The molecule has 1 aliphatic rings. The fourth-order valence-electron chi connectivity index (χ4n) is 1.61. The first-order valence-electron chi connectivity index (χ1n) is 6.31. The van der Waals surface area contributed by atoms with Crippen LogP contribution in [-0.2, 0) is 5.41 Å². The summed E-state index contributed by atoms with van der Waals surface area (Å²) in [6.07, 6.45) is 3.40. The van der Waals surface area contributed by atoms with E-state index >= 15 is 0 Å². The maximum absolute atomic E-state index is 10.7. The van der Waals surface area contributed by atoms with Crippen LogP contribution in [0.1, 0.15) is 63.4 Å². The average molecular weight is 220 g/mol. The number of carbonyl (C=O) groups excluding carboxylic acids is 1. The number of rotatable bonds is 2. The first-order chi connectivity index (χ1) is 7.76. The molecular formula is C15H24O. The Kier molecular flexibility index (Phi) is 6.71. The van der Waals surface area contributed by atoms with E-state index in [4.69, 9.17) is 0 Å². The van der Waals surface area contributed by atoms with Gasteiger partial charge in [-0.15, -0.1) is 0 Å². The Labute approximate surface area is 99.9 Å². The van der Waals surface area contributed by atoms with E-state index in [1.54, 1.807) is 0 Å². The minimum atomic E-state index is 0.303. The Morgan fingerprint density at radius 3 is 2.00 bits per heavy atom. The largest absolute Gasteiger partial charge is 0.298 e. The highest BCUT2D eigenvalue weighted by Gasteiger charge is 2.40. The lowest BCUT2D eigenvalue weighted by molar-refractivity contribution is 0.112. The zero-order valence-corrected chi connectivity index (χ0v) is 11.2. The summed E-state index contributed by atoms with van der Waals surface area (Å²) in [5, 5.41) is 0. The lowest BCUT2D eigenvalue weighted by Gasteiger charge is -2.10. The van der Waals surface area contributed by atoms with Gasteiger partial charge in [-0.2, -0.15) is 0 Å². The van der Waals surface area contributed by atoms with E-state index in [9.17, 15) is 4.79 Å². The van der Waals surface area contributed by atoms with Gasteiger partial charge in [-0.25, -0.2) is 0 Å². The van der Waals surface area contributed by atoms with Gasteiger partial charge in [0.25, 0.3) is 0 Å². The van der Waals surface area contributed by atoms with Gasteiger partial charge in [0.15, 0.2) is 0 Å². The number of carbonyl (C=O) groups is 1. The van der Waals surface area contributed by atoms with E-state index in [1.807, 2.05) is 45.9 Å².